The molecule has 0 aliphatic carbocycles. The number of aromatic nitrogens is 1. The predicted molar refractivity (Wildman–Crippen MR) is 153 cm³/mol. The molecule has 1 aliphatic rings. The molecule has 6 heteroatoms. The molecule has 0 saturated carbocycles. The molecule has 3 aromatic carbocycles. The van der Waals surface area contributed by atoms with Crippen molar-refractivity contribution in [3.8, 4) is 11.3 Å². The number of nitrogens with zero attached hydrogens (tertiary/aromatic N) is 2. The lowest BCUT2D eigenvalue weighted by atomic mass is 10.0. The van der Waals surface area contributed by atoms with Crippen LogP contribution in [0.4, 0.5) is 5.69 Å². The standard InChI is InChI=1S/C31H30BrN3O2/c1-2-3-6-21-7-9-22(10-8-21)29-20-27(26-19-24(32)13-16-28(26)34-29)30(36)33-25-14-11-23(12-15-25)31(37)35-17-4-5-18-35/h7-16,19-20H,2-6,17-18H2,1H3,(H,33,36). The van der Waals surface area contributed by atoms with Crippen LogP contribution in [0, 0.1) is 0 Å². The largest absolute Gasteiger partial charge is 0.339 e. The second kappa shape index (κ2) is 11.3. The van der Waals surface area contributed by atoms with E-state index in [1.165, 1.54) is 18.4 Å². The van der Waals surface area contributed by atoms with E-state index in [1.807, 2.05) is 29.2 Å². The molecule has 0 atom stereocenters. The van der Waals surface area contributed by atoms with Gasteiger partial charge in [0.25, 0.3) is 11.8 Å². The SMILES string of the molecule is CCCCc1ccc(-c2cc(C(=O)Nc3ccc(C(=O)N4CCCC4)cc3)c3cc(Br)ccc3n2)cc1. The second-order valence-electron chi connectivity index (χ2n) is 9.55. The lowest BCUT2D eigenvalue weighted by Gasteiger charge is -2.15. The van der Waals surface area contributed by atoms with Gasteiger partial charge >= 0.3 is 0 Å². The Morgan fingerprint density at radius 3 is 2.38 bits per heavy atom. The molecule has 4 aromatic rings. The molecule has 0 spiro atoms. The fraction of sp³-hybridized carbons (Fsp3) is 0.258. The molecule has 2 amide bonds. The van der Waals surface area contributed by atoms with Crippen molar-refractivity contribution in [3.05, 3.63) is 94.0 Å². The number of pyridine rings is 1. The summed E-state index contributed by atoms with van der Waals surface area (Å²) in [5.41, 5.74) is 5.63. The maximum atomic E-state index is 13.5. The zero-order valence-electron chi connectivity index (χ0n) is 21.0. The lowest BCUT2D eigenvalue weighted by molar-refractivity contribution is 0.0792. The van der Waals surface area contributed by atoms with Crippen LogP contribution in [-0.4, -0.2) is 34.8 Å². The predicted octanol–water partition coefficient (Wildman–Crippen LogP) is 7.50. The first-order valence-electron chi connectivity index (χ1n) is 12.9. The average molecular weight is 557 g/mol. The van der Waals surface area contributed by atoms with Gasteiger partial charge in [0.15, 0.2) is 0 Å². The van der Waals surface area contributed by atoms with Crippen LogP contribution in [-0.2, 0) is 6.42 Å². The highest BCUT2D eigenvalue weighted by molar-refractivity contribution is 9.10. The van der Waals surface area contributed by atoms with E-state index in [-0.39, 0.29) is 11.8 Å². The summed E-state index contributed by atoms with van der Waals surface area (Å²) in [6.45, 7) is 3.82. The molecule has 1 saturated heterocycles. The number of anilines is 1. The Kier molecular flexibility index (Phi) is 7.65. The molecule has 0 bridgehead atoms. The second-order valence-corrected chi connectivity index (χ2v) is 10.5. The number of halogens is 1. The van der Waals surface area contributed by atoms with Crippen LogP contribution in [0.15, 0.2) is 77.3 Å². The average Bonchev–Trinajstić information content (AvgIpc) is 3.47. The van der Waals surface area contributed by atoms with E-state index in [4.69, 9.17) is 4.98 Å². The van der Waals surface area contributed by atoms with Gasteiger partial charge in [0.1, 0.15) is 0 Å². The smallest absolute Gasteiger partial charge is 0.256 e. The zero-order valence-corrected chi connectivity index (χ0v) is 22.6. The number of likely N-dealkylation sites (tertiary alicyclic amines) is 1. The molecule has 0 unspecified atom stereocenters. The maximum Gasteiger partial charge on any atom is 0.256 e. The van der Waals surface area contributed by atoms with E-state index in [9.17, 15) is 9.59 Å². The molecule has 1 aromatic heterocycles. The van der Waals surface area contributed by atoms with Crippen LogP contribution in [0.3, 0.4) is 0 Å². The molecule has 37 heavy (non-hydrogen) atoms. The molecule has 0 radical (unpaired) electrons. The quantitative estimate of drug-likeness (QED) is 0.257. The van der Waals surface area contributed by atoms with Crippen LogP contribution >= 0.6 is 15.9 Å². The van der Waals surface area contributed by atoms with Crippen molar-refractivity contribution >= 4 is 44.3 Å². The van der Waals surface area contributed by atoms with Crippen LogP contribution in [0.5, 0.6) is 0 Å². The summed E-state index contributed by atoms with van der Waals surface area (Å²) in [6, 6.07) is 23.2. The lowest BCUT2D eigenvalue weighted by Crippen LogP contribution is -2.27. The minimum absolute atomic E-state index is 0.0470. The minimum Gasteiger partial charge on any atom is -0.339 e. The number of amides is 2. The van der Waals surface area contributed by atoms with Crippen molar-refractivity contribution in [3.63, 3.8) is 0 Å². The van der Waals surface area contributed by atoms with E-state index in [1.54, 1.807) is 24.3 Å². The third kappa shape index (κ3) is 5.75. The van der Waals surface area contributed by atoms with Gasteiger partial charge in [-0.3, -0.25) is 9.59 Å². The molecule has 5 rings (SSSR count). The Labute approximate surface area is 226 Å². The van der Waals surface area contributed by atoms with E-state index < -0.39 is 0 Å². The van der Waals surface area contributed by atoms with Gasteiger partial charge in [-0.25, -0.2) is 4.98 Å². The van der Waals surface area contributed by atoms with E-state index >= 15 is 0 Å². The molecule has 1 fully saturated rings. The van der Waals surface area contributed by atoms with Gasteiger partial charge in [0.05, 0.1) is 16.8 Å². The number of unbranched alkanes of at least 4 members (excludes halogenated alkanes) is 1. The molecule has 1 N–H and O–H groups in total. The first-order chi connectivity index (χ1) is 18.0. The van der Waals surface area contributed by atoms with Gasteiger partial charge in [-0.1, -0.05) is 53.5 Å². The molecular weight excluding hydrogens is 526 g/mol. The Bertz CT molecular complexity index is 1430. The number of aryl methyl sites for hydroxylation is 1. The highest BCUT2D eigenvalue weighted by Crippen LogP contribution is 2.28. The maximum absolute atomic E-state index is 13.5. The Morgan fingerprint density at radius 2 is 1.68 bits per heavy atom. The fourth-order valence-corrected chi connectivity index (χ4v) is 5.12. The summed E-state index contributed by atoms with van der Waals surface area (Å²) in [4.78, 5) is 32.9. The van der Waals surface area contributed by atoms with Crippen molar-refractivity contribution in [1.29, 1.82) is 0 Å². The number of carbonyl (C=O) groups is 2. The van der Waals surface area contributed by atoms with Crippen LogP contribution in [0.25, 0.3) is 22.2 Å². The van der Waals surface area contributed by atoms with Crippen molar-refractivity contribution < 1.29 is 9.59 Å². The van der Waals surface area contributed by atoms with Crippen molar-refractivity contribution in [2.24, 2.45) is 0 Å². The third-order valence-electron chi connectivity index (χ3n) is 6.87. The van der Waals surface area contributed by atoms with E-state index in [0.717, 1.165) is 59.0 Å². The number of hydrogen-bond acceptors (Lipinski definition) is 3. The van der Waals surface area contributed by atoms with E-state index in [2.05, 4.69) is 52.4 Å². The summed E-state index contributed by atoms with van der Waals surface area (Å²) in [6.07, 6.45) is 5.51. The van der Waals surface area contributed by atoms with E-state index in [0.29, 0.717) is 16.8 Å². The van der Waals surface area contributed by atoms with Gasteiger partial charge in [-0.15, -0.1) is 0 Å². The minimum atomic E-state index is -0.218. The molecule has 188 valence electrons. The summed E-state index contributed by atoms with van der Waals surface area (Å²) < 4.78 is 0.883. The number of hydrogen-bond donors (Lipinski definition) is 1. The van der Waals surface area contributed by atoms with Crippen molar-refractivity contribution in [1.82, 2.24) is 9.88 Å². The summed E-state index contributed by atoms with van der Waals surface area (Å²) >= 11 is 3.53. The van der Waals surface area contributed by atoms with Crippen LogP contribution in [0.2, 0.25) is 0 Å². The number of carbonyl (C=O) groups excluding carboxylic acids is 2. The van der Waals surface area contributed by atoms with Crippen molar-refractivity contribution in [2.45, 2.75) is 39.0 Å². The summed E-state index contributed by atoms with van der Waals surface area (Å²) in [5.74, 6) is -0.171. The summed E-state index contributed by atoms with van der Waals surface area (Å²) in [7, 11) is 0. The molecule has 2 heterocycles. The van der Waals surface area contributed by atoms with Gasteiger partial charge in [-0.05, 0) is 79.8 Å². The van der Waals surface area contributed by atoms with Gasteiger partial charge in [-0.2, -0.15) is 0 Å². The number of nitrogens with one attached hydrogen (secondary N) is 1. The number of fused-ring (bicyclic) bond motifs is 1. The molecular formula is C31H30BrN3O2. The molecule has 5 nitrogen and oxygen atoms in total. The van der Waals surface area contributed by atoms with Gasteiger partial charge < -0.3 is 10.2 Å². The van der Waals surface area contributed by atoms with Crippen LogP contribution < -0.4 is 5.32 Å². The Balaban J connectivity index is 1.42. The van der Waals surface area contributed by atoms with Gasteiger partial charge in [0.2, 0.25) is 0 Å². The first kappa shape index (κ1) is 25.2. The monoisotopic (exact) mass is 555 g/mol. The Hall–Kier alpha value is -3.51. The highest BCUT2D eigenvalue weighted by Gasteiger charge is 2.20. The molecule has 1 aliphatic heterocycles. The highest BCUT2D eigenvalue weighted by atomic mass is 79.9. The van der Waals surface area contributed by atoms with Gasteiger partial charge in [0, 0.05) is 39.8 Å². The zero-order chi connectivity index (χ0) is 25.8. The topological polar surface area (TPSA) is 62.3 Å². The first-order valence-corrected chi connectivity index (χ1v) is 13.7. The third-order valence-corrected chi connectivity index (χ3v) is 7.36. The van der Waals surface area contributed by atoms with Crippen LogP contribution in [0.1, 0.15) is 58.9 Å². The van der Waals surface area contributed by atoms with Crippen molar-refractivity contribution in [2.75, 3.05) is 18.4 Å². The fourth-order valence-electron chi connectivity index (χ4n) is 4.75. The Morgan fingerprint density at radius 1 is 0.946 bits per heavy atom. The summed E-state index contributed by atoms with van der Waals surface area (Å²) in [5, 5.41) is 3.78. The number of rotatable bonds is 7. The number of benzene rings is 3. The normalized spacial score (nSPS) is 13.2.